The summed E-state index contributed by atoms with van der Waals surface area (Å²) in [4.78, 5) is 39.5. The van der Waals surface area contributed by atoms with E-state index in [-0.39, 0.29) is 46.3 Å². The number of rotatable bonds is 6. The van der Waals surface area contributed by atoms with Gasteiger partial charge < -0.3 is 16.0 Å². The van der Waals surface area contributed by atoms with E-state index in [0.717, 1.165) is 77.0 Å². The maximum atomic E-state index is 13.3. The van der Waals surface area contributed by atoms with Gasteiger partial charge >= 0.3 is 0 Å². The highest BCUT2D eigenvalue weighted by atomic mass is 16.2. The van der Waals surface area contributed by atoms with E-state index in [2.05, 4.69) is 57.5 Å². The minimum Gasteiger partial charge on any atom is -0.326 e. The van der Waals surface area contributed by atoms with Crippen molar-refractivity contribution >= 4 is 34.8 Å². The molecule has 1 aromatic rings. The van der Waals surface area contributed by atoms with Crippen molar-refractivity contribution in [2.75, 3.05) is 16.0 Å². The van der Waals surface area contributed by atoms with E-state index in [1.54, 1.807) is 0 Å². The van der Waals surface area contributed by atoms with Gasteiger partial charge in [0.2, 0.25) is 17.7 Å². The van der Waals surface area contributed by atoms with Crippen LogP contribution in [0.2, 0.25) is 0 Å². The molecule has 1 aromatic carbocycles. The minimum absolute atomic E-state index is 0.00798. The van der Waals surface area contributed by atoms with Crippen LogP contribution in [0.3, 0.4) is 0 Å². The van der Waals surface area contributed by atoms with E-state index in [9.17, 15) is 14.4 Å². The van der Waals surface area contributed by atoms with E-state index < -0.39 is 0 Å². The van der Waals surface area contributed by atoms with Crippen LogP contribution in [0.15, 0.2) is 18.2 Å². The molecule has 3 fully saturated rings. The predicted octanol–water partition coefficient (Wildman–Crippen LogP) is 8.40. The molecule has 0 unspecified atom stereocenters. The van der Waals surface area contributed by atoms with Gasteiger partial charge in [-0.3, -0.25) is 14.4 Å². The molecular formula is C34H53N3O3. The molecule has 40 heavy (non-hydrogen) atoms. The molecule has 0 bridgehead atoms. The standard InChI is InChI=1S/C34H53N3O3/c1-33(2,3)25-15-11-23(12-16-25)31(39)36-28-19-27(35-30(38)22-9-7-8-10-22)20-29(21-28)37-32(40)24-13-17-26(18-14-24)34(4,5)6/h19-26H,7-18H2,1-6H3,(H,35,38)(H,36,39)(H,37,40)/t23-,24-,25-,26-. The van der Waals surface area contributed by atoms with Crippen molar-refractivity contribution in [1.82, 2.24) is 0 Å². The van der Waals surface area contributed by atoms with Gasteiger partial charge in [-0.05, 0) is 105 Å². The second-order valence-electron chi connectivity index (χ2n) is 15.1. The van der Waals surface area contributed by atoms with Crippen LogP contribution in [0, 0.1) is 40.4 Å². The fourth-order valence-corrected chi connectivity index (χ4v) is 7.21. The molecule has 3 aliphatic carbocycles. The van der Waals surface area contributed by atoms with Crippen molar-refractivity contribution in [3.63, 3.8) is 0 Å². The van der Waals surface area contributed by atoms with Crippen LogP contribution in [-0.2, 0) is 14.4 Å². The van der Waals surface area contributed by atoms with Crippen LogP contribution in [0.5, 0.6) is 0 Å². The van der Waals surface area contributed by atoms with Gasteiger partial charge in [0.05, 0.1) is 0 Å². The van der Waals surface area contributed by atoms with Crippen molar-refractivity contribution < 1.29 is 14.4 Å². The smallest absolute Gasteiger partial charge is 0.227 e. The molecule has 4 rings (SSSR count). The van der Waals surface area contributed by atoms with Crippen LogP contribution in [0.4, 0.5) is 17.1 Å². The van der Waals surface area contributed by atoms with Gasteiger partial charge in [0.25, 0.3) is 0 Å². The van der Waals surface area contributed by atoms with Gasteiger partial charge in [-0.1, -0.05) is 54.4 Å². The molecule has 6 heteroatoms. The maximum Gasteiger partial charge on any atom is 0.227 e. The topological polar surface area (TPSA) is 87.3 Å². The normalized spacial score (nSPS) is 26.2. The molecule has 0 spiro atoms. The molecule has 0 atom stereocenters. The third-order valence-corrected chi connectivity index (χ3v) is 10.1. The molecule has 3 N–H and O–H groups in total. The van der Waals surface area contributed by atoms with Crippen LogP contribution in [0.25, 0.3) is 0 Å². The van der Waals surface area contributed by atoms with Gasteiger partial charge in [-0.25, -0.2) is 0 Å². The molecular weight excluding hydrogens is 498 g/mol. The number of nitrogens with one attached hydrogen (secondary N) is 3. The first-order valence-corrected chi connectivity index (χ1v) is 15.9. The number of amides is 3. The Morgan fingerprint density at radius 3 is 1.05 bits per heavy atom. The second-order valence-corrected chi connectivity index (χ2v) is 15.1. The summed E-state index contributed by atoms with van der Waals surface area (Å²) in [6.45, 7) is 13.7. The summed E-state index contributed by atoms with van der Waals surface area (Å²) in [6.07, 6.45) is 11.9. The maximum absolute atomic E-state index is 13.3. The summed E-state index contributed by atoms with van der Waals surface area (Å²) in [5.41, 5.74) is 2.41. The second kappa shape index (κ2) is 12.7. The summed E-state index contributed by atoms with van der Waals surface area (Å²) < 4.78 is 0. The molecule has 222 valence electrons. The van der Waals surface area contributed by atoms with Gasteiger partial charge in [0.1, 0.15) is 0 Å². The number of carbonyl (C=O) groups is 3. The zero-order valence-corrected chi connectivity index (χ0v) is 25.8. The zero-order chi connectivity index (χ0) is 29.1. The highest BCUT2D eigenvalue weighted by Crippen LogP contribution is 2.41. The molecule has 3 aliphatic rings. The molecule has 0 aliphatic heterocycles. The van der Waals surface area contributed by atoms with Crippen molar-refractivity contribution in [1.29, 1.82) is 0 Å². The molecule has 0 radical (unpaired) electrons. The number of hydrogen-bond donors (Lipinski definition) is 3. The van der Waals surface area contributed by atoms with Crippen molar-refractivity contribution in [2.24, 2.45) is 40.4 Å². The molecule has 0 heterocycles. The SMILES string of the molecule is CC(C)(C)[C@H]1CC[C@H](C(=O)Nc2cc(NC(=O)C3CCCC3)cc(NC(=O)[C@H]3CC[C@H](C(C)(C)C)CC3)c2)CC1. The first-order chi connectivity index (χ1) is 18.8. The Morgan fingerprint density at radius 2 is 0.775 bits per heavy atom. The van der Waals surface area contributed by atoms with Gasteiger partial charge in [0.15, 0.2) is 0 Å². The molecule has 3 amide bonds. The Kier molecular flexibility index (Phi) is 9.67. The summed E-state index contributed by atoms with van der Waals surface area (Å²) in [7, 11) is 0. The molecule has 0 aromatic heterocycles. The Balaban J connectivity index is 1.44. The number of anilines is 3. The van der Waals surface area contributed by atoms with Crippen LogP contribution < -0.4 is 16.0 Å². The monoisotopic (exact) mass is 551 g/mol. The average molecular weight is 552 g/mol. The molecule has 0 saturated heterocycles. The lowest BCUT2D eigenvalue weighted by Gasteiger charge is -2.36. The first-order valence-electron chi connectivity index (χ1n) is 15.9. The predicted molar refractivity (Wildman–Crippen MR) is 164 cm³/mol. The van der Waals surface area contributed by atoms with Gasteiger partial charge in [-0.15, -0.1) is 0 Å². The van der Waals surface area contributed by atoms with Crippen molar-refractivity contribution in [3.8, 4) is 0 Å². The van der Waals surface area contributed by atoms with E-state index in [4.69, 9.17) is 0 Å². The quantitative estimate of drug-likeness (QED) is 0.332. The lowest BCUT2D eigenvalue weighted by molar-refractivity contribution is -0.122. The first kappa shape index (κ1) is 30.6. The highest BCUT2D eigenvalue weighted by molar-refractivity contribution is 5.99. The third-order valence-electron chi connectivity index (χ3n) is 10.1. The summed E-state index contributed by atoms with van der Waals surface area (Å²) in [5.74, 6) is 1.40. The largest absolute Gasteiger partial charge is 0.326 e. The number of benzene rings is 1. The van der Waals surface area contributed by atoms with Crippen LogP contribution in [0.1, 0.15) is 119 Å². The Labute approximate surface area is 242 Å². The van der Waals surface area contributed by atoms with E-state index >= 15 is 0 Å². The van der Waals surface area contributed by atoms with Gasteiger partial charge in [0, 0.05) is 34.8 Å². The number of hydrogen-bond acceptors (Lipinski definition) is 3. The zero-order valence-electron chi connectivity index (χ0n) is 25.8. The summed E-state index contributed by atoms with van der Waals surface area (Å²) >= 11 is 0. The van der Waals surface area contributed by atoms with Crippen molar-refractivity contribution in [3.05, 3.63) is 18.2 Å². The third kappa shape index (κ3) is 8.10. The summed E-state index contributed by atoms with van der Waals surface area (Å²) in [5, 5.41) is 9.32. The lowest BCUT2D eigenvalue weighted by atomic mass is 9.69. The highest BCUT2D eigenvalue weighted by Gasteiger charge is 2.34. The summed E-state index contributed by atoms with van der Waals surface area (Å²) in [6, 6.07) is 5.49. The Morgan fingerprint density at radius 1 is 0.500 bits per heavy atom. The fraction of sp³-hybridized carbons (Fsp3) is 0.735. The molecule has 3 saturated carbocycles. The Bertz CT molecular complexity index is 979. The lowest BCUT2D eigenvalue weighted by Crippen LogP contribution is -2.32. The molecule has 6 nitrogen and oxygen atoms in total. The number of carbonyl (C=O) groups excluding carboxylic acids is 3. The van der Waals surface area contributed by atoms with Crippen molar-refractivity contribution in [2.45, 2.75) is 119 Å². The average Bonchev–Trinajstić information content (AvgIpc) is 3.43. The minimum atomic E-state index is -0.00798. The van der Waals surface area contributed by atoms with Crippen LogP contribution in [-0.4, -0.2) is 17.7 Å². The van der Waals surface area contributed by atoms with Crippen LogP contribution >= 0.6 is 0 Å². The van der Waals surface area contributed by atoms with E-state index in [1.807, 2.05) is 18.2 Å². The fourth-order valence-electron chi connectivity index (χ4n) is 7.21. The van der Waals surface area contributed by atoms with Gasteiger partial charge in [-0.2, -0.15) is 0 Å². The van der Waals surface area contributed by atoms with E-state index in [0.29, 0.717) is 28.9 Å². The Hall–Kier alpha value is -2.37. The van der Waals surface area contributed by atoms with E-state index in [1.165, 1.54) is 0 Å².